The van der Waals surface area contributed by atoms with Crippen LogP contribution >= 0.6 is 0 Å². The number of nitrogens with one attached hydrogen (secondary N) is 1. The average Bonchev–Trinajstić information content (AvgIpc) is 3.69. The number of alkyl halides is 8. The lowest BCUT2D eigenvalue weighted by atomic mass is 9.95. The van der Waals surface area contributed by atoms with Gasteiger partial charge in [-0.25, -0.2) is 0 Å². The van der Waals surface area contributed by atoms with Gasteiger partial charge >= 0.3 is 18.3 Å². The Morgan fingerprint density at radius 3 is 1.97 bits per heavy atom. The maximum absolute atomic E-state index is 14.0. The molecule has 4 rings (SSSR count). The van der Waals surface area contributed by atoms with E-state index in [1.807, 2.05) is 18.2 Å². The van der Waals surface area contributed by atoms with E-state index in [2.05, 4.69) is 5.32 Å². The van der Waals surface area contributed by atoms with Gasteiger partial charge in [-0.1, -0.05) is 42.5 Å². The Morgan fingerprint density at radius 1 is 0.789 bits per heavy atom. The van der Waals surface area contributed by atoms with E-state index in [0.717, 1.165) is 24.5 Å². The number of aliphatic hydroxyl groups is 1. The summed E-state index contributed by atoms with van der Waals surface area (Å²) < 4.78 is 112. The van der Waals surface area contributed by atoms with E-state index in [4.69, 9.17) is 4.74 Å². The van der Waals surface area contributed by atoms with E-state index < -0.39 is 42.5 Å². The molecule has 0 aliphatic heterocycles. The predicted octanol–water partition coefficient (Wildman–Crippen LogP) is 7.61. The maximum Gasteiger partial charge on any atom is 0.458 e. The van der Waals surface area contributed by atoms with Crippen LogP contribution in [0.2, 0.25) is 0 Å². The van der Waals surface area contributed by atoms with Crippen LogP contribution in [-0.2, 0) is 5.92 Å². The van der Waals surface area contributed by atoms with Gasteiger partial charge in [0.2, 0.25) is 0 Å². The van der Waals surface area contributed by atoms with Crippen LogP contribution in [-0.4, -0.2) is 30.1 Å². The summed E-state index contributed by atoms with van der Waals surface area (Å²) in [7, 11) is 0. The summed E-state index contributed by atoms with van der Waals surface area (Å²) in [5, 5.41) is 11.9. The van der Waals surface area contributed by atoms with E-state index in [-0.39, 0.29) is 16.9 Å². The fourth-order valence-corrected chi connectivity index (χ4v) is 3.99. The molecule has 3 aromatic carbocycles. The molecule has 0 radical (unpaired) electrons. The minimum absolute atomic E-state index is 0.159. The van der Waals surface area contributed by atoms with E-state index >= 15 is 0 Å². The molecule has 1 saturated carbocycles. The lowest BCUT2D eigenvalue weighted by Gasteiger charge is -2.25. The molecule has 1 aliphatic carbocycles. The zero-order valence-corrected chi connectivity index (χ0v) is 19.7. The van der Waals surface area contributed by atoms with Crippen molar-refractivity contribution in [1.82, 2.24) is 5.32 Å². The van der Waals surface area contributed by atoms with Gasteiger partial charge in [0.1, 0.15) is 11.5 Å². The van der Waals surface area contributed by atoms with Crippen molar-refractivity contribution in [2.75, 3.05) is 6.54 Å². The van der Waals surface area contributed by atoms with Gasteiger partial charge in [-0.05, 0) is 65.8 Å². The normalized spacial score (nSPS) is 16.2. The summed E-state index contributed by atoms with van der Waals surface area (Å²) >= 11 is 0. The van der Waals surface area contributed by atoms with Crippen molar-refractivity contribution >= 4 is 0 Å². The summed E-state index contributed by atoms with van der Waals surface area (Å²) in [5.74, 6) is -3.94. The third kappa shape index (κ3) is 6.44. The second-order valence-corrected chi connectivity index (χ2v) is 9.12. The molecule has 0 heterocycles. The molecule has 3 aromatic rings. The number of hydrogen-bond donors (Lipinski definition) is 2. The first kappa shape index (κ1) is 27.8. The first-order valence-corrected chi connectivity index (χ1v) is 11.7. The number of rotatable bonds is 9. The van der Waals surface area contributed by atoms with Gasteiger partial charge in [0, 0.05) is 12.1 Å². The van der Waals surface area contributed by atoms with Gasteiger partial charge in [0.05, 0.1) is 6.04 Å². The molecule has 2 N–H and O–H groups in total. The molecule has 0 saturated heterocycles. The highest BCUT2D eigenvalue weighted by atomic mass is 19.4. The average molecular weight is 545 g/mol. The molecule has 0 bridgehead atoms. The van der Waals surface area contributed by atoms with Gasteiger partial charge in [-0.3, -0.25) is 0 Å². The van der Waals surface area contributed by atoms with Gasteiger partial charge < -0.3 is 15.2 Å². The van der Waals surface area contributed by atoms with E-state index in [0.29, 0.717) is 23.8 Å². The standard InChI is InChI=1S/C27H23F8NO2/c28-25(29,27(33,34)35)20-7-1-5-18(12-20)24(36-15-23(37)26(30,31)32)19-6-3-9-22(14-19)38-21-8-2-4-17(13-21)16-10-11-16/h1-9,12-14,16,23-24,36-37H,10-11,15H2/t23-,24?/m1/s1. The maximum atomic E-state index is 14.0. The molecule has 204 valence electrons. The molecule has 1 aliphatic rings. The molecule has 1 unspecified atom stereocenters. The van der Waals surface area contributed by atoms with Crippen LogP contribution < -0.4 is 10.1 Å². The SMILES string of the molecule is O[C@H](CNC(c1cccc(Oc2cccc(C3CC3)c2)c1)c1cccc(C(F)(F)C(F)(F)F)c1)C(F)(F)F. The van der Waals surface area contributed by atoms with Crippen molar-refractivity contribution in [3.63, 3.8) is 0 Å². The molecule has 3 nitrogen and oxygen atoms in total. The fourth-order valence-electron chi connectivity index (χ4n) is 3.99. The topological polar surface area (TPSA) is 41.5 Å². The fraction of sp³-hybridized carbons (Fsp3) is 0.333. The Hall–Kier alpha value is -3.18. The molecule has 0 amide bonds. The van der Waals surface area contributed by atoms with Crippen molar-refractivity contribution in [2.45, 2.75) is 49.2 Å². The van der Waals surface area contributed by atoms with Crippen molar-refractivity contribution in [1.29, 1.82) is 0 Å². The van der Waals surface area contributed by atoms with Gasteiger partial charge in [-0.2, -0.15) is 35.1 Å². The monoisotopic (exact) mass is 545 g/mol. The largest absolute Gasteiger partial charge is 0.458 e. The summed E-state index contributed by atoms with van der Waals surface area (Å²) in [6, 6.07) is 15.4. The summed E-state index contributed by atoms with van der Waals surface area (Å²) in [4.78, 5) is 0. The minimum atomic E-state index is -5.87. The highest BCUT2D eigenvalue weighted by Crippen LogP contribution is 2.45. The van der Waals surface area contributed by atoms with Crippen molar-refractivity contribution in [3.8, 4) is 11.5 Å². The van der Waals surface area contributed by atoms with E-state index in [1.54, 1.807) is 12.1 Å². The molecular formula is C27H23F8NO2. The highest BCUT2D eigenvalue weighted by Gasteiger charge is 2.58. The predicted molar refractivity (Wildman–Crippen MR) is 123 cm³/mol. The minimum Gasteiger partial charge on any atom is -0.457 e. The summed E-state index contributed by atoms with van der Waals surface area (Å²) in [6.45, 7) is -1.04. The van der Waals surface area contributed by atoms with Gasteiger partial charge in [-0.15, -0.1) is 0 Å². The molecule has 0 spiro atoms. The highest BCUT2D eigenvalue weighted by molar-refractivity contribution is 5.42. The Kier molecular flexibility index (Phi) is 7.72. The molecule has 11 heteroatoms. The third-order valence-electron chi connectivity index (χ3n) is 6.17. The number of benzene rings is 3. The molecule has 0 aromatic heterocycles. The van der Waals surface area contributed by atoms with E-state index in [9.17, 15) is 40.2 Å². The second kappa shape index (κ2) is 10.5. The number of hydrogen-bond acceptors (Lipinski definition) is 3. The zero-order chi connectivity index (χ0) is 27.7. The number of halogens is 8. The van der Waals surface area contributed by atoms with Crippen molar-refractivity contribution in [2.24, 2.45) is 0 Å². The zero-order valence-electron chi connectivity index (χ0n) is 19.7. The van der Waals surface area contributed by atoms with Crippen molar-refractivity contribution in [3.05, 3.63) is 95.1 Å². The van der Waals surface area contributed by atoms with E-state index in [1.165, 1.54) is 24.3 Å². The molecule has 2 atom stereocenters. The van der Waals surface area contributed by atoms with Crippen molar-refractivity contribution < 1.29 is 45.0 Å². The summed E-state index contributed by atoms with van der Waals surface area (Å²) in [5.41, 5.74) is -0.201. The van der Waals surface area contributed by atoms with Gasteiger partial charge in [0.25, 0.3) is 0 Å². The Balaban J connectivity index is 1.67. The Labute approximate surface area is 213 Å². The quantitative estimate of drug-likeness (QED) is 0.272. The molecular weight excluding hydrogens is 522 g/mol. The lowest BCUT2D eigenvalue weighted by molar-refractivity contribution is -0.289. The Morgan fingerprint density at radius 2 is 1.37 bits per heavy atom. The molecule has 1 fully saturated rings. The number of aliphatic hydroxyl groups excluding tert-OH is 1. The Bertz CT molecular complexity index is 1250. The molecule has 38 heavy (non-hydrogen) atoms. The van der Waals surface area contributed by atoms with Crippen LogP contribution in [0.5, 0.6) is 11.5 Å². The van der Waals surface area contributed by atoms with Crippen LogP contribution in [0.3, 0.4) is 0 Å². The van der Waals surface area contributed by atoms with Crippen LogP contribution in [0.1, 0.15) is 47.1 Å². The summed E-state index contributed by atoms with van der Waals surface area (Å²) in [6.07, 6.45) is -11.5. The van der Waals surface area contributed by atoms with Crippen LogP contribution in [0.4, 0.5) is 35.1 Å². The number of ether oxygens (including phenoxy) is 1. The van der Waals surface area contributed by atoms with Crippen LogP contribution in [0, 0.1) is 0 Å². The first-order valence-electron chi connectivity index (χ1n) is 11.7. The third-order valence-corrected chi connectivity index (χ3v) is 6.17. The van der Waals surface area contributed by atoms with Crippen LogP contribution in [0.15, 0.2) is 72.8 Å². The van der Waals surface area contributed by atoms with Crippen LogP contribution in [0.25, 0.3) is 0 Å². The second-order valence-electron chi connectivity index (χ2n) is 9.12. The lowest BCUT2D eigenvalue weighted by Crippen LogP contribution is -2.40. The van der Waals surface area contributed by atoms with Gasteiger partial charge in [0.15, 0.2) is 6.10 Å². The smallest absolute Gasteiger partial charge is 0.457 e. The first-order chi connectivity index (χ1) is 17.8.